The van der Waals surface area contributed by atoms with Crippen molar-refractivity contribution >= 4 is 0 Å². The molecule has 0 unspecified atom stereocenters. The molecule has 0 heterocycles. The van der Waals surface area contributed by atoms with Gasteiger partial charge in [0.2, 0.25) is 0 Å². The smallest absolute Gasteiger partial charge is 0.0481 e. The summed E-state index contributed by atoms with van der Waals surface area (Å²) in [7, 11) is 0. The molecule has 0 amide bonds. The molecule has 10 heavy (non-hydrogen) atoms. The van der Waals surface area contributed by atoms with E-state index in [0.29, 0.717) is 6.42 Å². The second-order valence-corrected chi connectivity index (χ2v) is 2.75. The molecule has 0 fully saturated rings. The van der Waals surface area contributed by atoms with Crippen molar-refractivity contribution in [2.75, 3.05) is 19.8 Å². The summed E-state index contributed by atoms with van der Waals surface area (Å²) in [5.74, 6) is 0.103. The van der Waals surface area contributed by atoms with Crippen LogP contribution in [0.2, 0.25) is 0 Å². The van der Waals surface area contributed by atoms with Crippen LogP contribution >= 0.6 is 0 Å². The molecule has 0 aliphatic rings. The summed E-state index contributed by atoms with van der Waals surface area (Å²) in [4.78, 5) is 0. The van der Waals surface area contributed by atoms with Gasteiger partial charge >= 0.3 is 0 Å². The number of rotatable bonds is 5. The Balaban J connectivity index is 3.41. The van der Waals surface area contributed by atoms with Gasteiger partial charge in [-0.05, 0) is 12.3 Å². The standard InChI is InChI=1S/C7H16O3/c1-6(3-8)2-7(4-9)5-10/h6-10H,2-5H2,1H3/t6-/m1/s1. The maximum absolute atomic E-state index is 8.63. The van der Waals surface area contributed by atoms with Gasteiger partial charge in [0.25, 0.3) is 0 Å². The van der Waals surface area contributed by atoms with E-state index in [4.69, 9.17) is 15.3 Å². The number of aliphatic hydroxyl groups excluding tert-OH is 3. The Labute approximate surface area is 61.3 Å². The first kappa shape index (κ1) is 9.88. The highest BCUT2D eigenvalue weighted by atomic mass is 16.3. The van der Waals surface area contributed by atoms with Crippen molar-refractivity contribution in [2.24, 2.45) is 11.8 Å². The minimum atomic E-state index is -0.0675. The van der Waals surface area contributed by atoms with Crippen LogP contribution in [-0.4, -0.2) is 35.1 Å². The summed E-state index contributed by atoms with van der Waals surface area (Å²) in [6.45, 7) is 2.01. The lowest BCUT2D eigenvalue weighted by atomic mass is 9.98. The van der Waals surface area contributed by atoms with E-state index in [1.807, 2.05) is 6.92 Å². The molecular formula is C7H16O3. The van der Waals surface area contributed by atoms with E-state index in [9.17, 15) is 0 Å². The fourth-order valence-corrected chi connectivity index (χ4v) is 0.850. The molecule has 0 rings (SSSR count). The van der Waals surface area contributed by atoms with Crippen LogP contribution in [0.4, 0.5) is 0 Å². The van der Waals surface area contributed by atoms with Gasteiger partial charge in [-0.3, -0.25) is 0 Å². The molecule has 0 aromatic heterocycles. The highest BCUT2D eigenvalue weighted by Gasteiger charge is 2.09. The Kier molecular flexibility index (Phi) is 5.58. The third-order valence-electron chi connectivity index (χ3n) is 1.56. The van der Waals surface area contributed by atoms with Gasteiger partial charge in [0, 0.05) is 25.7 Å². The predicted octanol–water partition coefficient (Wildman–Crippen LogP) is -0.394. The van der Waals surface area contributed by atoms with E-state index in [0.717, 1.165) is 0 Å². The van der Waals surface area contributed by atoms with Gasteiger partial charge in [-0.25, -0.2) is 0 Å². The normalized spacial score (nSPS) is 14.1. The van der Waals surface area contributed by atoms with Crippen LogP contribution in [0, 0.1) is 11.8 Å². The Morgan fingerprint density at radius 2 is 1.50 bits per heavy atom. The average molecular weight is 148 g/mol. The maximum Gasteiger partial charge on any atom is 0.0481 e. The van der Waals surface area contributed by atoms with Gasteiger partial charge in [0.15, 0.2) is 0 Å². The Hall–Kier alpha value is -0.120. The largest absolute Gasteiger partial charge is 0.396 e. The van der Waals surface area contributed by atoms with Crippen molar-refractivity contribution < 1.29 is 15.3 Å². The molecule has 0 saturated heterocycles. The third kappa shape index (κ3) is 3.82. The summed E-state index contributed by atoms with van der Waals surface area (Å²) in [5.41, 5.74) is 0. The SMILES string of the molecule is C[C@@H](CO)CC(CO)CO. The van der Waals surface area contributed by atoms with E-state index >= 15 is 0 Å². The second-order valence-electron chi connectivity index (χ2n) is 2.75. The van der Waals surface area contributed by atoms with Crippen molar-refractivity contribution in [3.8, 4) is 0 Å². The summed E-state index contributed by atoms with van der Waals surface area (Å²) < 4.78 is 0. The number of hydrogen-bond acceptors (Lipinski definition) is 3. The van der Waals surface area contributed by atoms with Gasteiger partial charge in [0.1, 0.15) is 0 Å². The summed E-state index contributed by atoms with van der Waals surface area (Å²) in [6.07, 6.45) is 0.684. The van der Waals surface area contributed by atoms with Crippen LogP contribution in [0.1, 0.15) is 13.3 Å². The van der Waals surface area contributed by atoms with E-state index in [1.165, 1.54) is 0 Å². The van der Waals surface area contributed by atoms with Crippen molar-refractivity contribution in [1.82, 2.24) is 0 Å². The number of aliphatic hydroxyl groups is 3. The lowest BCUT2D eigenvalue weighted by Gasteiger charge is -2.14. The zero-order valence-corrected chi connectivity index (χ0v) is 6.32. The molecule has 0 saturated carbocycles. The monoisotopic (exact) mass is 148 g/mol. The highest BCUT2D eigenvalue weighted by Crippen LogP contribution is 2.09. The first-order valence-electron chi connectivity index (χ1n) is 3.57. The topological polar surface area (TPSA) is 60.7 Å². The molecular weight excluding hydrogens is 132 g/mol. The molecule has 3 heteroatoms. The van der Waals surface area contributed by atoms with Crippen LogP contribution in [0.3, 0.4) is 0 Å². The summed E-state index contributed by atoms with van der Waals surface area (Å²) >= 11 is 0. The molecule has 0 bridgehead atoms. The molecule has 0 aliphatic carbocycles. The zero-order chi connectivity index (χ0) is 7.98. The number of hydrogen-bond donors (Lipinski definition) is 3. The first-order valence-corrected chi connectivity index (χ1v) is 3.57. The second kappa shape index (κ2) is 5.65. The molecule has 0 aromatic carbocycles. The van der Waals surface area contributed by atoms with Gasteiger partial charge in [-0.15, -0.1) is 0 Å². The molecule has 1 atom stereocenters. The van der Waals surface area contributed by atoms with Gasteiger partial charge in [-0.1, -0.05) is 6.92 Å². The summed E-state index contributed by atoms with van der Waals surface area (Å²) in [5, 5.41) is 25.9. The molecule has 0 radical (unpaired) electrons. The molecule has 0 aromatic rings. The van der Waals surface area contributed by atoms with Crippen molar-refractivity contribution in [3.05, 3.63) is 0 Å². The van der Waals surface area contributed by atoms with E-state index in [1.54, 1.807) is 0 Å². The Morgan fingerprint density at radius 3 is 1.80 bits per heavy atom. The van der Waals surface area contributed by atoms with Crippen LogP contribution in [0.25, 0.3) is 0 Å². The average Bonchev–Trinajstić information content (AvgIpc) is 1.99. The first-order chi connectivity index (χ1) is 4.74. The quantitative estimate of drug-likeness (QED) is 0.497. The molecule has 3 N–H and O–H groups in total. The van der Waals surface area contributed by atoms with Gasteiger partial charge in [-0.2, -0.15) is 0 Å². The fourth-order valence-electron chi connectivity index (χ4n) is 0.850. The van der Waals surface area contributed by atoms with Gasteiger partial charge in [0.05, 0.1) is 0 Å². The Bertz CT molecular complexity index is 71.3. The Morgan fingerprint density at radius 1 is 1.00 bits per heavy atom. The molecule has 0 aliphatic heterocycles. The maximum atomic E-state index is 8.63. The van der Waals surface area contributed by atoms with Crippen LogP contribution in [0.15, 0.2) is 0 Å². The van der Waals surface area contributed by atoms with Crippen LogP contribution in [-0.2, 0) is 0 Å². The summed E-state index contributed by atoms with van der Waals surface area (Å²) in [6, 6.07) is 0. The third-order valence-corrected chi connectivity index (χ3v) is 1.56. The molecule has 0 spiro atoms. The minimum absolute atomic E-state index is 0.000833. The van der Waals surface area contributed by atoms with Crippen molar-refractivity contribution in [3.63, 3.8) is 0 Å². The van der Waals surface area contributed by atoms with E-state index in [2.05, 4.69) is 0 Å². The molecule has 3 nitrogen and oxygen atoms in total. The van der Waals surface area contributed by atoms with Crippen LogP contribution < -0.4 is 0 Å². The lowest BCUT2D eigenvalue weighted by Crippen LogP contribution is -2.16. The minimum Gasteiger partial charge on any atom is -0.396 e. The lowest BCUT2D eigenvalue weighted by molar-refractivity contribution is 0.117. The zero-order valence-electron chi connectivity index (χ0n) is 6.32. The predicted molar refractivity (Wildman–Crippen MR) is 38.5 cm³/mol. The molecule has 62 valence electrons. The van der Waals surface area contributed by atoms with E-state index in [-0.39, 0.29) is 31.7 Å². The fraction of sp³-hybridized carbons (Fsp3) is 1.00. The highest BCUT2D eigenvalue weighted by molar-refractivity contribution is 4.60. The van der Waals surface area contributed by atoms with Gasteiger partial charge < -0.3 is 15.3 Å². The van der Waals surface area contributed by atoms with Crippen molar-refractivity contribution in [2.45, 2.75) is 13.3 Å². The van der Waals surface area contributed by atoms with Crippen molar-refractivity contribution in [1.29, 1.82) is 0 Å². The van der Waals surface area contributed by atoms with E-state index < -0.39 is 0 Å². The van der Waals surface area contributed by atoms with Crippen LogP contribution in [0.5, 0.6) is 0 Å².